The highest BCUT2D eigenvalue weighted by atomic mass is 16.5. The number of rotatable bonds is 8. The number of hydrogen-bond acceptors (Lipinski definition) is 7. The van der Waals surface area contributed by atoms with Crippen LogP contribution in [-0.2, 0) is 6.54 Å². The summed E-state index contributed by atoms with van der Waals surface area (Å²) in [5, 5.41) is 27.0. The zero-order valence-electron chi connectivity index (χ0n) is 20.1. The molecule has 0 aliphatic heterocycles. The van der Waals surface area contributed by atoms with Crippen molar-refractivity contribution in [3.8, 4) is 23.0 Å². The largest absolute Gasteiger partial charge is 0.393 e. The van der Waals surface area contributed by atoms with E-state index < -0.39 is 12.1 Å². The van der Waals surface area contributed by atoms with E-state index in [4.69, 9.17) is 4.52 Å². The molecule has 0 saturated heterocycles. The first kappa shape index (κ1) is 23.9. The molecule has 0 unspecified atom stereocenters. The van der Waals surface area contributed by atoms with E-state index in [1.54, 1.807) is 23.9 Å². The van der Waals surface area contributed by atoms with Gasteiger partial charge in [-0.25, -0.2) is 4.98 Å². The molecule has 0 radical (unpaired) electrons. The first-order valence-corrected chi connectivity index (χ1v) is 12.1. The van der Waals surface area contributed by atoms with Crippen LogP contribution < -0.4 is 5.32 Å². The zero-order chi connectivity index (χ0) is 24.9. The van der Waals surface area contributed by atoms with Gasteiger partial charge in [0.05, 0.1) is 13.2 Å². The lowest BCUT2D eigenvalue weighted by Crippen LogP contribution is -2.39. The molecule has 1 saturated carbocycles. The van der Waals surface area contributed by atoms with Crippen LogP contribution >= 0.6 is 0 Å². The van der Waals surface area contributed by atoms with E-state index in [-0.39, 0.29) is 6.61 Å². The Kier molecular flexibility index (Phi) is 7.23. The number of benzene rings is 2. The Labute approximate surface area is 210 Å². The summed E-state index contributed by atoms with van der Waals surface area (Å²) in [4.78, 5) is 8.19. The van der Waals surface area contributed by atoms with Crippen molar-refractivity contribution in [3.05, 3.63) is 90.1 Å². The summed E-state index contributed by atoms with van der Waals surface area (Å²) in [7, 11) is 0. The molecule has 4 aromatic rings. The minimum Gasteiger partial charge on any atom is -0.393 e. The Hall–Kier alpha value is -3.77. The van der Waals surface area contributed by atoms with E-state index in [0.29, 0.717) is 30.2 Å². The van der Waals surface area contributed by atoms with E-state index in [1.165, 1.54) is 12.0 Å². The molecule has 184 valence electrons. The SMILES string of the molecule is C[C@H](O)c1nccn1[C@@H](C#Cc1ccc(-c2ccc(C3CC(NCc4ncon4)C3)cc2)cc1)CO. The van der Waals surface area contributed by atoms with Crippen LogP contribution in [0.5, 0.6) is 0 Å². The zero-order valence-corrected chi connectivity index (χ0v) is 20.1. The van der Waals surface area contributed by atoms with Crippen LogP contribution in [0.1, 0.15) is 60.6 Å². The summed E-state index contributed by atoms with van der Waals surface area (Å²) in [6.07, 6.45) is 6.17. The van der Waals surface area contributed by atoms with E-state index in [1.807, 2.05) is 12.1 Å². The van der Waals surface area contributed by atoms with Crippen LogP contribution in [-0.4, -0.2) is 42.6 Å². The minimum atomic E-state index is -0.730. The molecule has 36 heavy (non-hydrogen) atoms. The Morgan fingerprint density at radius 1 is 1.08 bits per heavy atom. The summed E-state index contributed by atoms with van der Waals surface area (Å²) < 4.78 is 6.48. The average Bonchev–Trinajstić information content (AvgIpc) is 3.57. The van der Waals surface area contributed by atoms with Gasteiger partial charge in [-0.15, -0.1) is 0 Å². The molecule has 0 amide bonds. The summed E-state index contributed by atoms with van der Waals surface area (Å²) in [6, 6.07) is 16.9. The van der Waals surface area contributed by atoms with Crippen molar-refractivity contribution in [3.63, 3.8) is 0 Å². The normalized spacial score (nSPS) is 18.6. The summed E-state index contributed by atoms with van der Waals surface area (Å²) in [5.41, 5.74) is 4.52. The molecule has 0 spiro atoms. The second-order valence-corrected chi connectivity index (χ2v) is 9.13. The van der Waals surface area contributed by atoms with Gasteiger partial charge in [0.25, 0.3) is 0 Å². The van der Waals surface area contributed by atoms with Gasteiger partial charge < -0.3 is 24.6 Å². The monoisotopic (exact) mass is 483 g/mol. The summed E-state index contributed by atoms with van der Waals surface area (Å²) in [6.45, 7) is 2.12. The van der Waals surface area contributed by atoms with Crippen molar-refractivity contribution in [2.24, 2.45) is 0 Å². The molecule has 3 N–H and O–H groups in total. The number of nitrogens with one attached hydrogen (secondary N) is 1. The third-order valence-electron chi connectivity index (χ3n) is 6.66. The van der Waals surface area contributed by atoms with Gasteiger partial charge in [-0.3, -0.25) is 0 Å². The molecule has 8 heteroatoms. The smallest absolute Gasteiger partial charge is 0.213 e. The Bertz CT molecular complexity index is 1310. The van der Waals surface area contributed by atoms with Gasteiger partial charge >= 0.3 is 0 Å². The number of aromatic nitrogens is 4. The van der Waals surface area contributed by atoms with Crippen LogP contribution in [0.25, 0.3) is 11.1 Å². The lowest BCUT2D eigenvalue weighted by molar-refractivity contribution is 0.176. The predicted molar refractivity (Wildman–Crippen MR) is 135 cm³/mol. The average molecular weight is 484 g/mol. The van der Waals surface area contributed by atoms with Gasteiger partial charge in [-0.2, -0.15) is 4.98 Å². The number of aliphatic hydroxyl groups is 2. The highest BCUT2D eigenvalue weighted by Gasteiger charge is 2.30. The Morgan fingerprint density at radius 2 is 1.81 bits per heavy atom. The molecule has 1 aliphatic carbocycles. The van der Waals surface area contributed by atoms with Gasteiger partial charge in [0.15, 0.2) is 5.82 Å². The number of aliphatic hydroxyl groups excluding tert-OH is 2. The van der Waals surface area contributed by atoms with Gasteiger partial charge in [0.1, 0.15) is 18.0 Å². The highest BCUT2D eigenvalue weighted by molar-refractivity contribution is 5.64. The van der Waals surface area contributed by atoms with E-state index in [9.17, 15) is 10.2 Å². The topological polar surface area (TPSA) is 109 Å². The maximum atomic E-state index is 9.87. The molecule has 8 nitrogen and oxygen atoms in total. The third kappa shape index (κ3) is 5.39. The van der Waals surface area contributed by atoms with Crippen LogP contribution in [0.15, 0.2) is 71.8 Å². The molecule has 0 bridgehead atoms. The van der Waals surface area contributed by atoms with Crippen molar-refractivity contribution in [2.75, 3.05) is 6.61 Å². The highest BCUT2D eigenvalue weighted by Crippen LogP contribution is 2.37. The van der Waals surface area contributed by atoms with Crippen molar-refractivity contribution in [1.29, 1.82) is 0 Å². The van der Waals surface area contributed by atoms with Crippen molar-refractivity contribution >= 4 is 0 Å². The number of nitrogens with zero attached hydrogens (tertiary/aromatic N) is 4. The molecule has 1 fully saturated rings. The lowest BCUT2D eigenvalue weighted by Gasteiger charge is -2.36. The maximum Gasteiger partial charge on any atom is 0.213 e. The fourth-order valence-electron chi connectivity index (χ4n) is 4.54. The predicted octanol–water partition coefficient (Wildman–Crippen LogP) is 3.61. The maximum absolute atomic E-state index is 9.87. The molecular weight excluding hydrogens is 454 g/mol. The van der Waals surface area contributed by atoms with Gasteiger partial charge in [0, 0.05) is 24.0 Å². The molecule has 5 rings (SSSR count). The molecule has 2 aromatic carbocycles. The summed E-state index contributed by atoms with van der Waals surface area (Å²) >= 11 is 0. The lowest BCUT2D eigenvalue weighted by atomic mass is 9.75. The second kappa shape index (κ2) is 10.9. The Balaban J connectivity index is 1.17. The van der Waals surface area contributed by atoms with Gasteiger partial charge in [-0.1, -0.05) is 53.4 Å². The van der Waals surface area contributed by atoms with E-state index >= 15 is 0 Å². The van der Waals surface area contributed by atoms with Crippen molar-refractivity contribution in [1.82, 2.24) is 25.0 Å². The van der Waals surface area contributed by atoms with Gasteiger partial charge in [0.2, 0.25) is 6.39 Å². The third-order valence-corrected chi connectivity index (χ3v) is 6.66. The second-order valence-electron chi connectivity index (χ2n) is 9.13. The first-order chi connectivity index (χ1) is 17.6. The molecule has 2 heterocycles. The van der Waals surface area contributed by atoms with Crippen LogP contribution in [0.2, 0.25) is 0 Å². The minimum absolute atomic E-state index is 0.163. The Morgan fingerprint density at radius 3 is 2.44 bits per heavy atom. The van der Waals surface area contributed by atoms with Crippen molar-refractivity contribution < 1.29 is 14.7 Å². The molecule has 2 aromatic heterocycles. The first-order valence-electron chi connectivity index (χ1n) is 12.1. The van der Waals surface area contributed by atoms with Crippen molar-refractivity contribution in [2.45, 2.75) is 50.4 Å². The number of hydrogen-bond donors (Lipinski definition) is 3. The van der Waals surface area contributed by atoms with E-state index in [2.05, 4.69) is 68.7 Å². The quantitative estimate of drug-likeness (QED) is 0.329. The molecular formula is C28H29N5O3. The van der Waals surface area contributed by atoms with Crippen LogP contribution in [0, 0.1) is 11.8 Å². The van der Waals surface area contributed by atoms with Crippen LogP contribution in [0.3, 0.4) is 0 Å². The number of imidazole rings is 1. The van der Waals surface area contributed by atoms with E-state index in [0.717, 1.165) is 29.5 Å². The van der Waals surface area contributed by atoms with Gasteiger partial charge in [-0.05, 0) is 54.5 Å². The molecule has 2 atom stereocenters. The molecule has 1 aliphatic rings. The fourth-order valence-corrected chi connectivity index (χ4v) is 4.54. The summed E-state index contributed by atoms with van der Waals surface area (Å²) in [5.74, 6) is 7.97. The fraction of sp³-hybridized carbons (Fsp3) is 0.321. The van der Waals surface area contributed by atoms with Crippen LogP contribution in [0.4, 0.5) is 0 Å². The standard InChI is InChI=1S/C28H29N5O3/c1-19(35)28-29-12-13-33(28)26(17-34)11-4-20-2-5-21(6-3-20)22-7-9-23(10-8-22)24-14-25(15-24)30-16-27-31-18-36-32-27/h2-3,5-10,12-13,18-19,24-26,30,34-35H,14-17H2,1H3/t19-,24?,25?,26-/m0/s1.